The first-order valence-electron chi connectivity index (χ1n) is 9.67. The van der Waals surface area contributed by atoms with Gasteiger partial charge in [0.1, 0.15) is 11.5 Å². The number of ether oxygens (including phenoxy) is 2. The molecule has 162 valence electrons. The molecule has 8 heteroatoms. The maximum Gasteiger partial charge on any atom is 0.491 e. The molecule has 3 rings (SSSR count). The molecule has 0 aromatic heterocycles. The van der Waals surface area contributed by atoms with Crippen LogP contribution in [0.4, 0.5) is 18.9 Å². The van der Waals surface area contributed by atoms with Crippen LogP contribution in [-0.4, -0.2) is 43.9 Å². The van der Waals surface area contributed by atoms with Crippen LogP contribution in [0.5, 0.6) is 11.5 Å². The zero-order valence-electron chi connectivity index (χ0n) is 17.4. The molecular weight excluding hydrogens is 397 g/mol. The number of carbonyl (C=O) groups excluding carboxylic acids is 1. The number of alkyl halides is 3. The molecule has 0 aliphatic carbocycles. The molecule has 30 heavy (non-hydrogen) atoms. The van der Waals surface area contributed by atoms with E-state index in [9.17, 15) is 18.0 Å². The molecular formula is C22H25F3N2O3. The van der Waals surface area contributed by atoms with Crippen molar-refractivity contribution in [1.82, 2.24) is 4.90 Å². The lowest BCUT2D eigenvalue weighted by atomic mass is 9.97. The van der Waals surface area contributed by atoms with Crippen LogP contribution in [0.25, 0.3) is 0 Å². The first-order valence-corrected chi connectivity index (χ1v) is 9.67. The fourth-order valence-electron chi connectivity index (χ4n) is 3.62. The van der Waals surface area contributed by atoms with E-state index in [1.165, 1.54) is 31.4 Å². The Morgan fingerprint density at radius 1 is 1.20 bits per heavy atom. The van der Waals surface area contributed by atoms with Gasteiger partial charge in [0.15, 0.2) is 0 Å². The van der Waals surface area contributed by atoms with Gasteiger partial charge in [-0.25, -0.2) is 4.90 Å². The van der Waals surface area contributed by atoms with Crippen molar-refractivity contribution in [3.05, 3.63) is 53.1 Å². The summed E-state index contributed by atoms with van der Waals surface area (Å²) in [7, 11) is 3.22. The number of halogens is 3. The van der Waals surface area contributed by atoms with E-state index in [0.29, 0.717) is 30.8 Å². The van der Waals surface area contributed by atoms with Gasteiger partial charge >= 0.3 is 6.30 Å². The molecule has 1 aliphatic heterocycles. The van der Waals surface area contributed by atoms with Crippen molar-refractivity contribution in [2.45, 2.75) is 39.2 Å². The van der Waals surface area contributed by atoms with Crippen molar-refractivity contribution in [2.75, 3.05) is 25.6 Å². The molecule has 0 unspecified atom stereocenters. The van der Waals surface area contributed by atoms with Crippen molar-refractivity contribution >= 4 is 11.6 Å². The summed E-state index contributed by atoms with van der Waals surface area (Å²) in [5, 5.41) is 0. The van der Waals surface area contributed by atoms with Gasteiger partial charge in [-0.05, 0) is 56.6 Å². The minimum absolute atomic E-state index is 0.0249. The maximum atomic E-state index is 14.1. The quantitative estimate of drug-likeness (QED) is 0.659. The van der Waals surface area contributed by atoms with Gasteiger partial charge in [0.2, 0.25) is 0 Å². The summed E-state index contributed by atoms with van der Waals surface area (Å²) in [6.07, 6.45) is -4.59. The Hall–Kier alpha value is -2.74. The molecule has 0 saturated carbocycles. The van der Waals surface area contributed by atoms with Gasteiger partial charge in [0.05, 0.1) is 24.5 Å². The SMILES string of the molecule is COc1cc(OC(C)C)ccc1C(=O)N(c1cccc2c1CCN(C)C2)C(F)(F)F. The summed E-state index contributed by atoms with van der Waals surface area (Å²) in [6, 6.07) is 8.90. The van der Waals surface area contributed by atoms with E-state index in [-0.39, 0.29) is 28.0 Å². The van der Waals surface area contributed by atoms with Crippen LogP contribution in [0.15, 0.2) is 36.4 Å². The van der Waals surface area contributed by atoms with E-state index < -0.39 is 12.2 Å². The number of rotatable bonds is 5. The number of hydrogen-bond acceptors (Lipinski definition) is 4. The average Bonchev–Trinajstić information content (AvgIpc) is 2.66. The highest BCUT2D eigenvalue weighted by Gasteiger charge is 2.44. The van der Waals surface area contributed by atoms with E-state index in [1.54, 1.807) is 12.1 Å². The standard InChI is InChI=1S/C22H25F3N2O3/c1-14(2)30-16-8-9-18(20(12-16)29-4)21(28)27(22(23,24)25)19-7-5-6-15-13-26(3)11-10-17(15)19/h5-9,12,14H,10-11,13H2,1-4H3. The number of amides is 1. The smallest absolute Gasteiger partial charge is 0.491 e. The summed E-state index contributed by atoms with van der Waals surface area (Å²) in [5.74, 6) is -0.753. The van der Waals surface area contributed by atoms with Gasteiger partial charge in [0.25, 0.3) is 5.91 Å². The normalized spacial score (nSPS) is 14.4. The molecule has 0 saturated heterocycles. The second kappa shape index (κ2) is 8.55. The summed E-state index contributed by atoms with van der Waals surface area (Å²) in [5.41, 5.74) is 1.01. The lowest BCUT2D eigenvalue weighted by Crippen LogP contribution is -2.44. The zero-order chi connectivity index (χ0) is 22.1. The third kappa shape index (κ3) is 4.53. The van der Waals surface area contributed by atoms with Crippen LogP contribution < -0.4 is 14.4 Å². The van der Waals surface area contributed by atoms with Crippen molar-refractivity contribution in [2.24, 2.45) is 0 Å². The monoisotopic (exact) mass is 422 g/mol. The molecule has 0 radical (unpaired) electrons. The van der Waals surface area contributed by atoms with E-state index in [4.69, 9.17) is 9.47 Å². The van der Waals surface area contributed by atoms with Crippen molar-refractivity contribution in [3.8, 4) is 11.5 Å². The largest absolute Gasteiger partial charge is 0.496 e. The van der Waals surface area contributed by atoms with E-state index in [0.717, 1.165) is 5.56 Å². The van der Waals surface area contributed by atoms with Crippen LogP contribution >= 0.6 is 0 Å². The molecule has 0 bridgehead atoms. The fraction of sp³-hybridized carbons (Fsp3) is 0.409. The number of benzene rings is 2. The molecule has 0 spiro atoms. The van der Waals surface area contributed by atoms with Gasteiger partial charge in [-0.3, -0.25) is 4.79 Å². The minimum Gasteiger partial charge on any atom is -0.496 e. The number of anilines is 1. The second-order valence-electron chi connectivity index (χ2n) is 7.54. The topological polar surface area (TPSA) is 42.0 Å². The lowest BCUT2D eigenvalue weighted by molar-refractivity contribution is -0.122. The lowest BCUT2D eigenvalue weighted by Gasteiger charge is -2.32. The Morgan fingerprint density at radius 3 is 2.57 bits per heavy atom. The highest BCUT2D eigenvalue weighted by atomic mass is 19.4. The van der Waals surface area contributed by atoms with Crippen LogP contribution in [0.1, 0.15) is 35.3 Å². The van der Waals surface area contributed by atoms with Crippen molar-refractivity contribution in [1.29, 1.82) is 0 Å². The number of nitrogens with zero attached hydrogens (tertiary/aromatic N) is 2. The van der Waals surface area contributed by atoms with Gasteiger partial charge in [-0.1, -0.05) is 12.1 Å². The number of hydrogen-bond donors (Lipinski definition) is 0. The molecule has 1 amide bonds. The number of carbonyl (C=O) groups is 1. The predicted molar refractivity (Wildman–Crippen MR) is 108 cm³/mol. The highest BCUT2D eigenvalue weighted by Crippen LogP contribution is 2.38. The van der Waals surface area contributed by atoms with E-state index in [2.05, 4.69) is 0 Å². The number of fused-ring (bicyclic) bond motifs is 1. The molecule has 2 aromatic rings. The number of likely N-dealkylation sites (N-methyl/N-ethyl adjacent to an activating group) is 1. The Bertz CT molecular complexity index is 928. The molecule has 1 heterocycles. The van der Waals surface area contributed by atoms with E-state index >= 15 is 0 Å². The van der Waals surface area contributed by atoms with Crippen LogP contribution in [-0.2, 0) is 13.0 Å². The van der Waals surface area contributed by atoms with Gasteiger partial charge < -0.3 is 14.4 Å². The number of methoxy groups -OCH3 is 1. The van der Waals surface area contributed by atoms with Crippen LogP contribution in [0.2, 0.25) is 0 Å². The summed E-state index contributed by atoms with van der Waals surface area (Å²) in [6.45, 7) is 4.81. The summed E-state index contributed by atoms with van der Waals surface area (Å²) in [4.78, 5) is 15.1. The predicted octanol–water partition coefficient (Wildman–Crippen LogP) is 4.64. The first kappa shape index (κ1) is 22.0. The van der Waals surface area contributed by atoms with Crippen LogP contribution in [0, 0.1) is 0 Å². The van der Waals surface area contributed by atoms with Crippen LogP contribution in [0.3, 0.4) is 0 Å². The van der Waals surface area contributed by atoms with Gasteiger partial charge in [-0.15, -0.1) is 13.2 Å². The molecule has 2 aromatic carbocycles. The third-order valence-corrected chi connectivity index (χ3v) is 4.90. The Kier molecular flexibility index (Phi) is 6.26. The molecule has 0 fully saturated rings. The average molecular weight is 422 g/mol. The highest BCUT2D eigenvalue weighted by molar-refractivity contribution is 6.09. The maximum absolute atomic E-state index is 14.1. The Morgan fingerprint density at radius 2 is 1.93 bits per heavy atom. The third-order valence-electron chi connectivity index (χ3n) is 4.90. The zero-order valence-corrected chi connectivity index (χ0v) is 17.4. The first-order chi connectivity index (χ1) is 14.1. The molecule has 1 aliphatic rings. The van der Waals surface area contributed by atoms with Gasteiger partial charge in [-0.2, -0.15) is 0 Å². The van der Waals surface area contributed by atoms with E-state index in [1.807, 2.05) is 25.8 Å². The summed E-state index contributed by atoms with van der Waals surface area (Å²) >= 11 is 0. The second-order valence-corrected chi connectivity index (χ2v) is 7.54. The van der Waals surface area contributed by atoms with Gasteiger partial charge in [0, 0.05) is 19.2 Å². The Labute approximate surface area is 174 Å². The summed E-state index contributed by atoms with van der Waals surface area (Å²) < 4.78 is 53.1. The minimum atomic E-state index is -4.90. The molecule has 0 N–H and O–H groups in total. The molecule has 0 atom stereocenters. The van der Waals surface area contributed by atoms with Crippen molar-refractivity contribution < 1.29 is 27.4 Å². The molecule has 5 nitrogen and oxygen atoms in total. The Balaban J connectivity index is 2.07. The fourth-order valence-corrected chi connectivity index (χ4v) is 3.62. The van der Waals surface area contributed by atoms with Crippen molar-refractivity contribution in [3.63, 3.8) is 0 Å².